The number of ether oxygens (including phenoxy) is 1. The SMILES string of the molecule is COC(=O)C1CC(NCC2CCC2)CN(CC#N)C1. The third-order valence-electron chi connectivity index (χ3n) is 4.27. The van der Waals surface area contributed by atoms with Gasteiger partial charge in [-0.1, -0.05) is 6.42 Å². The van der Waals surface area contributed by atoms with Crippen LogP contribution in [0.3, 0.4) is 0 Å². The summed E-state index contributed by atoms with van der Waals surface area (Å²) in [6, 6.07) is 2.47. The summed E-state index contributed by atoms with van der Waals surface area (Å²) in [4.78, 5) is 13.8. The maximum Gasteiger partial charge on any atom is 0.310 e. The quantitative estimate of drug-likeness (QED) is 0.587. The van der Waals surface area contributed by atoms with Gasteiger partial charge in [0.15, 0.2) is 0 Å². The van der Waals surface area contributed by atoms with Gasteiger partial charge in [0.1, 0.15) is 0 Å². The first-order chi connectivity index (χ1) is 9.22. The van der Waals surface area contributed by atoms with Crippen molar-refractivity contribution in [2.45, 2.75) is 31.7 Å². The molecule has 0 radical (unpaired) electrons. The van der Waals surface area contributed by atoms with Gasteiger partial charge in [0.05, 0.1) is 25.6 Å². The van der Waals surface area contributed by atoms with Gasteiger partial charge < -0.3 is 10.1 Å². The van der Waals surface area contributed by atoms with Crippen molar-refractivity contribution in [1.29, 1.82) is 5.26 Å². The van der Waals surface area contributed by atoms with Crippen LogP contribution in [0.5, 0.6) is 0 Å². The molecule has 5 heteroatoms. The number of nitriles is 1. The molecular formula is C14H23N3O2. The molecule has 1 saturated carbocycles. The molecule has 0 aromatic carbocycles. The highest BCUT2D eigenvalue weighted by Crippen LogP contribution is 2.26. The number of hydrogen-bond acceptors (Lipinski definition) is 5. The number of carbonyl (C=O) groups excluding carboxylic acids is 1. The van der Waals surface area contributed by atoms with E-state index >= 15 is 0 Å². The van der Waals surface area contributed by atoms with E-state index in [2.05, 4.69) is 11.4 Å². The van der Waals surface area contributed by atoms with E-state index in [0.29, 0.717) is 19.1 Å². The first kappa shape index (κ1) is 14.3. The molecule has 2 fully saturated rings. The number of piperidine rings is 1. The summed E-state index contributed by atoms with van der Waals surface area (Å²) in [6.45, 7) is 2.92. The van der Waals surface area contributed by atoms with Gasteiger partial charge in [-0.05, 0) is 31.7 Å². The minimum Gasteiger partial charge on any atom is -0.469 e. The Morgan fingerprint density at radius 1 is 1.47 bits per heavy atom. The molecule has 5 nitrogen and oxygen atoms in total. The Hall–Kier alpha value is -1.12. The molecule has 19 heavy (non-hydrogen) atoms. The highest BCUT2D eigenvalue weighted by molar-refractivity contribution is 5.72. The number of esters is 1. The number of rotatable bonds is 5. The molecule has 0 aromatic heterocycles. The molecule has 0 bridgehead atoms. The van der Waals surface area contributed by atoms with E-state index in [0.717, 1.165) is 25.4 Å². The van der Waals surface area contributed by atoms with Gasteiger partial charge in [0.2, 0.25) is 0 Å². The minimum atomic E-state index is -0.155. The molecule has 2 rings (SSSR count). The molecule has 1 aliphatic carbocycles. The Morgan fingerprint density at radius 3 is 2.84 bits per heavy atom. The number of hydrogen-bond donors (Lipinski definition) is 1. The number of nitrogens with one attached hydrogen (secondary N) is 1. The normalized spacial score (nSPS) is 28.4. The summed E-state index contributed by atoms with van der Waals surface area (Å²) in [7, 11) is 1.43. The smallest absolute Gasteiger partial charge is 0.310 e. The number of likely N-dealkylation sites (tertiary alicyclic amines) is 1. The van der Waals surface area contributed by atoms with Crippen LogP contribution in [0, 0.1) is 23.2 Å². The van der Waals surface area contributed by atoms with Crippen molar-refractivity contribution >= 4 is 5.97 Å². The Morgan fingerprint density at radius 2 is 2.26 bits per heavy atom. The van der Waals surface area contributed by atoms with E-state index in [-0.39, 0.29) is 11.9 Å². The topological polar surface area (TPSA) is 65.4 Å². The Bertz CT molecular complexity index is 349. The lowest BCUT2D eigenvalue weighted by Gasteiger charge is -2.37. The van der Waals surface area contributed by atoms with Gasteiger partial charge in [-0.2, -0.15) is 5.26 Å². The summed E-state index contributed by atoms with van der Waals surface area (Å²) in [5, 5.41) is 12.4. The zero-order chi connectivity index (χ0) is 13.7. The average Bonchev–Trinajstić information content (AvgIpc) is 2.36. The fraction of sp³-hybridized carbons (Fsp3) is 0.857. The van der Waals surface area contributed by atoms with E-state index in [9.17, 15) is 4.79 Å². The molecule has 0 spiro atoms. The van der Waals surface area contributed by atoms with Crippen molar-refractivity contribution in [3.63, 3.8) is 0 Å². The maximum absolute atomic E-state index is 11.7. The van der Waals surface area contributed by atoms with Crippen LogP contribution >= 0.6 is 0 Å². The number of methoxy groups -OCH3 is 1. The van der Waals surface area contributed by atoms with Crippen molar-refractivity contribution in [1.82, 2.24) is 10.2 Å². The summed E-state index contributed by atoms with van der Waals surface area (Å²) in [6.07, 6.45) is 4.81. The van der Waals surface area contributed by atoms with E-state index in [1.807, 2.05) is 4.90 Å². The van der Waals surface area contributed by atoms with Crippen molar-refractivity contribution < 1.29 is 9.53 Å². The van der Waals surface area contributed by atoms with E-state index in [1.165, 1.54) is 26.4 Å². The van der Waals surface area contributed by atoms with Crippen LogP contribution in [0.2, 0.25) is 0 Å². The molecule has 0 aromatic rings. The Balaban J connectivity index is 1.85. The predicted octanol–water partition coefficient (Wildman–Crippen LogP) is 0.763. The second-order valence-electron chi connectivity index (χ2n) is 5.71. The minimum absolute atomic E-state index is 0.106. The molecule has 0 amide bonds. The van der Waals surface area contributed by atoms with Crippen LogP contribution in [0.4, 0.5) is 0 Å². The van der Waals surface area contributed by atoms with Gasteiger partial charge in [0, 0.05) is 19.1 Å². The van der Waals surface area contributed by atoms with Gasteiger partial charge in [0.25, 0.3) is 0 Å². The van der Waals surface area contributed by atoms with Crippen molar-refractivity contribution in [3.05, 3.63) is 0 Å². The molecule has 1 saturated heterocycles. The van der Waals surface area contributed by atoms with Gasteiger partial charge in [-0.3, -0.25) is 9.69 Å². The second kappa shape index (κ2) is 6.88. The van der Waals surface area contributed by atoms with Crippen LogP contribution < -0.4 is 5.32 Å². The summed E-state index contributed by atoms with van der Waals surface area (Å²) < 4.78 is 4.85. The van der Waals surface area contributed by atoms with Crippen LogP contribution in [0.1, 0.15) is 25.7 Å². The van der Waals surface area contributed by atoms with Crippen molar-refractivity contribution in [2.75, 3.05) is 33.3 Å². The van der Waals surface area contributed by atoms with E-state index in [4.69, 9.17) is 10.00 Å². The van der Waals surface area contributed by atoms with Gasteiger partial charge >= 0.3 is 5.97 Å². The summed E-state index contributed by atoms with van der Waals surface area (Å²) in [5.41, 5.74) is 0. The Kier molecular flexibility index (Phi) is 5.17. The predicted molar refractivity (Wildman–Crippen MR) is 71.3 cm³/mol. The molecule has 2 aliphatic rings. The highest BCUT2D eigenvalue weighted by Gasteiger charge is 2.32. The third-order valence-corrected chi connectivity index (χ3v) is 4.27. The zero-order valence-corrected chi connectivity index (χ0v) is 11.6. The molecule has 2 unspecified atom stereocenters. The fourth-order valence-corrected chi connectivity index (χ4v) is 2.94. The lowest BCUT2D eigenvalue weighted by molar-refractivity contribution is -0.147. The first-order valence-corrected chi connectivity index (χ1v) is 7.13. The van der Waals surface area contributed by atoms with Gasteiger partial charge in [-0.15, -0.1) is 0 Å². The lowest BCUT2D eigenvalue weighted by Crippen LogP contribution is -2.52. The van der Waals surface area contributed by atoms with Crippen LogP contribution in [-0.2, 0) is 9.53 Å². The molecular weight excluding hydrogens is 242 g/mol. The fourth-order valence-electron chi connectivity index (χ4n) is 2.94. The molecule has 1 aliphatic heterocycles. The van der Waals surface area contributed by atoms with E-state index < -0.39 is 0 Å². The molecule has 2 atom stereocenters. The molecule has 106 valence electrons. The average molecular weight is 265 g/mol. The van der Waals surface area contributed by atoms with Crippen molar-refractivity contribution in [3.8, 4) is 6.07 Å². The van der Waals surface area contributed by atoms with Crippen molar-refractivity contribution in [2.24, 2.45) is 11.8 Å². The highest BCUT2D eigenvalue weighted by atomic mass is 16.5. The maximum atomic E-state index is 11.7. The van der Waals surface area contributed by atoms with Crippen LogP contribution in [-0.4, -0.2) is 50.2 Å². The Labute approximate surface area is 114 Å². The summed E-state index contributed by atoms with van der Waals surface area (Å²) in [5.74, 6) is 0.548. The zero-order valence-electron chi connectivity index (χ0n) is 11.6. The van der Waals surface area contributed by atoms with Gasteiger partial charge in [-0.25, -0.2) is 0 Å². The second-order valence-corrected chi connectivity index (χ2v) is 5.71. The number of carbonyl (C=O) groups is 1. The van der Waals surface area contributed by atoms with Crippen LogP contribution in [0.15, 0.2) is 0 Å². The first-order valence-electron chi connectivity index (χ1n) is 7.13. The number of nitrogens with zero attached hydrogens (tertiary/aromatic N) is 2. The summed E-state index contributed by atoms with van der Waals surface area (Å²) >= 11 is 0. The molecule has 1 heterocycles. The van der Waals surface area contributed by atoms with Crippen LogP contribution in [0.25, 0.3) is 0 Å². The lowest BCUT2D eigenvalue weighted by atomic mass is 9.85. The largest absolute Gasteiger partial charge is 0.469 e. The molecule has 1 N–H and O–H groups in total. The standard InChI is InChI=1S/C14H23N3O2/c1-19-14(18)12-7-13(10-17(9-12)6-5-15)16-8-11-3-2-4-11/h11-13,16H,2-4,6-10H2,1H3. The third kappa shape index (κ3) is 3.92. The van der Waals surface area contributed by atoms with E-state index in [1.54, 1.807) is 0 Å². The monoisotopic (exact) mass is 265 g/mol.